The van der Waals surface area contributed by atoms with Crippen molar-refractivity contribution < 1.29 is 18.7 Å². The van der Waals surface area contributed by atoms with Gasteiger partial charge in [0.25, 0.3) is 0 Å². The Morgan fingerprint density at radius 1 is 1.00 bits per heavy atom. The lowest BCUT2D eigenvalue weighted by Gasteiger charge is -2.04. The van der Waals surface area contributed by atoms with Gasteiger partial charge in [-0.05, 0) is 29.8 Å². The zero-order chi connectivity index (χ0) is 18.1. The number of ketones is 1. The first kappa shape index (κ1) is 16.1. The van der Waals surface area contributed by atoms with E-state index in [9.17, 15) is 9.59 Å². The first-order valence-electron chi connectivity index (χ1n) is 8.28. The highest BCUT2D eigenvalue weighted by atomic mass is 16.5. The van der Waals surface area contributed by atoms with E-state index >= 15 is 0 Å². The van der Waals surface area contributed by atoms with Gasteiger partial charge in [-0.15, -0.1) is 0 Å². The molecule has 26 heavy (non-hydrogen) atoms. The Labute approximate surface area is 150 Å². The van der Waals surface area contributed by atoms with Crippen molar-refractivity contribution >= 4 is 17.8 Å². The molecule has 0 saturated carbocycles. The number of rotatable bonds is 3. The molecule has 2 aromatic carbocycles. The fourth-order valence-corrected chi connectivity index (χ4v) is 3.20. The standard InChI is InChI=1S/C22H16O4/c1-25-22(24)19-9-5-4-8-18(19)20-11-10-16(26-20)13-15-12-14-6-2-3-7-17(14)21(15)23/h2-11,13H,12H2,1H3/b15-13-. The molecule has 4 nitrogen and oxygen atoms in total. The monoisotopic (exact) mass is 344 g/mol. The van der Waals surface area contributed by atoms with Crippen LogP contribution < -0.4 is 0 Å². The Kier molecular flexibility index (Phi) is 4.01. The first-order valence-corrected chi connectivity index (χ1v) is 8.28. The molecule has 3 aromatic rings. The van der Waals surface area contributed by atoms with Gasteiger partial charge < -0.3 is 9.15 Å². The Bertz CT molecular complexity index is 1040. The predicted octanol–water partition coefficient (Wildman–Crippen LogP) is 4.56. The number of methoxy groups -OCH3 is 1. The number of furan rings is 1. The van der Waals surface area contributed by atoms with E-state index < -0.39 is 5.97 Å². The molecular weight excluding hydrogens is 328 g/mol. The van der Waals surface area contributed by atoms with Gasteiger partial charge in [0.2, 0.25) is 0 Å². The highest BCUT2D eigenvalue weighted by Crippen LogP contribution is 2.30. The normalized spacial score (nSPS) is 14.5. The summed E-state index contributed by atoms with van der Waals surface area (Å²) >= 11 is 0. The zero-order valence-corrected chi connectivity index (χ0v) is 14.2. The van der Waals surface area contributed by atoms with Crippen molar-refractivity contribution in [3.8, 4) is 11.3 Å². The SMILES string of the molecule is COC(=O)c1ccccc1-c1ccc(/C=C2/Cc3ccccc3C2=O)o1. The summed E-state index contributed by atoms with van der Waals surface area (Å²) in [6.45, 7) is 0. The average Bonchev–Trinajstić information content (AvgIpc) is 3.27. The Balaban J connectivity index is 1.67. The molecule has 128 valence electrons. The lowest BCUT2D eigenvalue weighted by Crippen LogP contribution is -2.02. The molecule has 0 atom stereocenters. The van der Waals surface area contributed by atoms with Gasteiger partial charge in [-0.1, -0.05) is 42.5 Å². The number of Topliss-reactive ketones (excluding diaryl/α,β-unsaturated/α-hetero) is 1. The second kappa shape index (κ2) is 6.48. The van der Waals surface area contributed by atoms with Crippen molar-refractivity contribution in [1.29, 1.82) is 0 Å². The van der Waals surface area contributed by atoms with E-state index in [1.165, 1.54) is 7.11 Å². The molecule has 0 unspecified atom stereocenters. The number of hydrogen-bond donors (Lipinski definition) is 0. The van der Waals surface area contributed by atoms with Crippen molar-refractivity contribution in [2.75, 3.05) is 7.11 Å². The number of hydrogen-bond acceptors (Lipinski definition) is 4. The van der Waals surface area contributed by atoms with Crippen LogP contribution in [0.5, 0.6) is 0 Å². The summed E-state index contributed by atoms with van der Waals surface area (Å²) in [5.41, 5.74) is 3.58. The second-order valence-corrected chi connectivity index (χ2v) is 6.07. The summed E-state index contributed by atoms with van der Waals surface area (Å²) in [5.74, 6) is 0.753. The molecule has 4 heteroatoms. The van der Waals surface area contributed by atoms with Gasteiger partial charge >= 0.3 is 5.97 Å². The molecule has 0 radical (unpaired) electrons. The van der Waals surface area contributed by atoms with E-state index in [0.717, 1.165) is 11.1 Å². The number of carbonyl (C=O) groups excluding carboxylic acids is 2. The lowest BCUT2D eigenvalue weighted by atomic mass is 10.1. The van der Waals surface area contributed by atoms with Gasteiger partial charge in [-0.2, -0.15) is 0 Å². The summed E-state index contributed by atoms with van der Waals surface area (Å²) in [6.07, 6.45) is 2.37. The number of fused-ring (bicyclic) bond motifs is 1. The first-order chi connectivity index (χ1) is 12.7. The topological polar surface area (TPSA) is 56.5 Å². The number of carbonyl (C=O) groups is 2. The van der Waals surface area contributed by atoms with Gasteiger partial charge in [-0.25, -0.2) is 4.79 Å². The van der Waals surface area contributed by atoms with E-state index in [1.54, 1.807) is 36.4 Å². The van der Waals surface area contributed by atoms with Gasteiger partial charge in [0.15, 0.2) is 5.78 Å². The quantitative estimate of drug-likeness (QED) is 0.516. The Hall–Kier alpha value is -3.40. The molecule has 1 aliphatic carbocycles. The van der Waals surface area contributed by atoms with Crippen molar-refractivity contribution in [1.82, 2.24) is 0 Å². The summed E-state index contributed by atoms with van der Waals surface area (Å²) in [4.78, 5) is 24.4. The lowest BCUT2D eigenvalue weighted by molar-refractivity contribution is 0.0601. The van der Waals surface area contributed by atoms with Crippen molar-refractivity contribution in [2.45, 2.75) is 6.42 Å². The summed E-state index contributed by atoms with van der Waals surface area (Å²) in [7, 11) is 1.35. The second-order valence-electron chi connectivity index (χ2n) is 6.07. The predicted molar refractivity (Wildman–Crippen MR) is 97.9 cm³/mol. The van der Waals surface area contributed by atoms with Crippen LogP contribution in [0.1, 0.15) is 32.0 Å². The third-order valence-corrected chi connectivity index (χ3v) is 4.48. The smallest absolute Gasteiger partial charge is 0.338 e. The summed E-state index contributed by atoms with van der Waals surface area (Å²) in [5, 5.41) is 0. The third-order valence-electron chi connectivity index (χ3n) is 4.48. The van der Waals surface area contributed by atoms with Gasteiger partial charge in [-0.3, -0.25) is 4.79 Å². The Morgan fingerprint density at radius 2 is 1.73 bits per heavy atom. The van der Waals surface area contributed by atoms with Crippen LogP contribution in [-0.4, -0.2) is 18.9 Å². The van der Waals surface area contributed by atoms with E-state index in [1.807, 2.05) is 30.3 Å². The van der Waals surface area contributed by atoms with Crippen LogP contribution in [0.2, 0.25) is 0 Å². The summed E-state index contributed by atoms with van der Waals surface area (Å²) < 4.78 is 10.7. The summed E-state index contributed by atoms with van der Waals surface area (Å²) in [6, 6.07) is 18.3. The molecule has 1 heterocycles. The molecule has 0 saturated heterocycles. The largest absolute Gasteiger partial charge is 0.465 e. The van der Waals surface area contributed by atoms with Gasteiger partial charge in [0.05, 0.1) is 12.7 Å². The molecular formula is C22H16O4. The minimum Gasteiger partial charge on any atom is -0.465 e. The minimum atomic E-state index is -0.418. The maximum Gasteiger partial charge on any atom is 0.338 e. The molecule has 0 N–H and O–H groups in total. The van der Waals surface area contributed by atoms with Crippen molar-refractivity contribution in [2.24, 2.45) is 0 Å². The van der Waals surface area contributed by atoms with E-state index in [-0.39, 0.29) is 5.78 Å². The molecule has 0 bridgehead atoms. The number of allylic oxidation sites excluding steroid dienone is 1. The van der Waals surface area contributed by atoms with Crippen molar-refractivity contribution in [3.63, 3.8) is 0 Å². The molecule has 0 spiro atoms. The van der Waals surface area contributed by atoms with Crippen LogP contribution >= 0.6 is 0 Å². The van der Waals surface area contributed by atoms with E-state index in [2.05, 4.69) is 0 Å². The molecule has 4 rings (SSSR count). The van der Waals surface area contributed by atoms with Crippen LogP contribution in [0.4, 0.5) is 0 Å². The molecule has 0 amide bonds. The zero-order valence-electron chi connectivity index (χ0n) is 14.2. The van der Waals surface area contributed by atoms with Crippen LogP contribution in [-0.2, 0) is 11.2 Å². The van der Waals surface area contributed by atoms with Crippen LogP contribution in [0.15, 0.2) is 70.7 Å². The molecule has 0 fully saturated rings. The maximum absolute atomic E-state index is 12.5. The van der Waals surface area contributed by atoms with Crippen molar-refractivity contribution in [3.05, 3.63) is 88.7 Å². The number of benzene rings is 2. The van der Waals surface area contributed by atoms with Crippen LogP contribution in [0.3, 0.4) is 0 Å². The highest BCUT2D eigenvalue weighted by molar-refractivity contribution is 6.15. The fraction of sp³-hybridized carbons (Fsp3) is 0.0909. The average molecular weight is 344 g/mol. The van der Waals surface area contributed by atoms with Gasteiger partial charge in [0, 0.05) is 23.1 Å². The number of ether oxygens (including phenoxy) is 1. The number of esters is 1. The Morgan fingerprint density at radius 3 is 2.50 bits per heavy atom. The highest BCUT2D eigenvalue weighted by Gasteiger charge is 2.24. The van der Waals surface area contributed by atoms with E-state index in [0.29, 0.717) is 34.6 Å². The molecule has 1 aliphatic rings. The van der Waals surface area contributed by atoms with Gasteiger partial charge in [0.1, 0.15) is 11.5 Å². The third kappa shape index (κ3) is 2.75. The maximum atomic E-state index is 12.5. The fourth-order valence-electron chi connectivity index (χ4n) is 3.20. The molecule has 1 aromatic heterocycles. The van der Waals surface area contributed by atoms with Crippen LogP contribution in [0, 0.1) is 0 Å². The van der Waals surface area contributed by atoms with Crippen LogP contribution in [0.25, 0.3) is 17.4 Å². The minimum absolute atomic E-state index is 0.0357. The van der Waals surface area contributed by atoms with E-state index in [4.69, 9.17) is 9.15 Å². The molecule has 0 aliphatic heterocycles.